The van der Waals surface area contributed by atoms with Crippen molar-refractivity contribution in [3.63, 3.8) is 0 Å². The van der Waals surface area contributed by atoms with Gasteiger partial charge in [-0.05, 0) is 30.5 Å². The lowest BCUT2D eigenvalue weighted by Gasteiger charge is -2.25. The van der Waals surface area contributed by atoms with Gasteiger partial charge in [0.25, 0.3) is 5.91 Å². The second-order valence-electron chi connectivity index (χ2n) is 6.76. The Morgan fingerprint density at radius 3 is 2.43 bits per heavy atom. The predicted molar refractivity (Wildman–Crippen MR) is 107 cm³/mol. The molecule has 0 aromatic heterocycles. The third kappa shape index (κ3) is 3.60. The fourth-order valence-electron chi connectivity index (χ4n) is 3.47. The summed E-state index contributed by atoms with van der Waals surface area (Å²) in [6.07, 6.45) is 0.385. The minimum atomic E-state index is -1.15. The largest absolute Gasteiger partial charge is 0.348 e. The van der Waals surface area contributed by atoms with E-state index in [1.54, 1.807) is 25.1 Å². The van der Waals surface area contributed by atoms with E-state index >= 15 is 0 Å². The summed E-state index contributed by atoms with van der Waals surface area (Å²) in [5.41, 5.74) is 0.317. The number of carbonyl (C=O) groups excluding carboxylic acids is 3. The fraction of sp³-hybridized carbons (Fsp3) is 0.286. The molecule has 1 saturated heterocycles. The van der Waals surface area contributed by atoms with Gasteiger partial charge in [0.05, 0.1) is 6.04 Å². The van der Waals surface area contributed by atoms with Gasteiger partial charge in [-0.15, -0.1) is 0 Å². The highest BCUT2D eigenvalue weighted by molar-refractivity contribution is 6.31. The molecule has 2 atom stereocenters. The average molecular weight is 400 g/mol. The summed E-state index contributed by atoms with van der Waals surface area (Å²) >= 11 is 6.16. The summed E-state index contributed by atoms with van der Waals surface area (Å²) in [5.74, 6) is -0.859. The van der Waals surface area contributed by atoms with Gasteiger partial charge in [-0.2, -0.15) is 0 Å². The molecule has 0 radical (unpaired) electrons. The first-order valence-electron chi connectivity index (χ1n) is 9.12. The summed E-state index contributed by atoms with van der Waals surface area (Å²) in [6.45, 7) is 3.27. The summed E-state index contributed by atoms with van der Waals surface area (Å²) < 4.78 is 0. The lowest BCUT2D eigenvalue weighted by Crippen LogP contribution is -2.45. The molecule has 28 heavy (non-hydrogen) atoms. The molecule has 0 saturated carbocycles. The van der Waals surface area contributed by atoms with E-state index in [1.807, 2.05) is 43.3 Å². The van der Waals surface area contributed by atoms with Crippen molar-refractivity contribution in [2.75, 3.05) is 6.54 Å². The highest BCUT2D eigenvalue weighted by Gasteiger charge is 2.51. The zero-order valence-electron chi connectivity index (χ0n) is 15.7. The van der Waals surface area contributed by atoms with Crippen LogP contribution in [0.2, 0.25) is 5.02 Å². The second kappa shape index (κ2) is 8.02. The molecule has 2 aromatic rings. The molecular weight excluding hydrogens is 378 g/mol. The molecule has 2 N–H and O–H groups in total. The van der Waals surface area contributed by atoms with Crippen molar-refractivity contribution in [2.45, 2.75) is 31.8 Å². The van der Waals surface area contributed by atoms with Crippen molar-refractivity contribution in [1.82, 2.24) is 15.5 Å². The maximum Gasteiger partial charge on any atom is 0.325 e. The highest BCUT2D eigenvalue weighted by Crippen LogP contribution is 2.32. The van der Waals surface area contributed by atoms with E-state index in [0.29, 0.717) is 17.0 Å². The minimum absolute atomic E-state index is 0.353. The van der Waals surface area contributed by atoms with Crippen molar-refractivity contribution in [1.29, 1.82) is 0 Å². The third-order valence-electron chi connectivity index (χ3n) is 5.02. The number of carbonyl (C=O) groups is 3. The highest BCUT2D eigenvalue weighted by atomic mass is 35.5. The van der Waals surface area contributed by atoms with Gasteiger partial charge >= 0.3 is 6.03 Å². The van der Waals surface area contributed by atoms with Crippen LogP contribution >= 0.6 is 11.6 Å². The van der Waals surface area contributed by atoms with E-state index in [-0.39, 0.29) is 12.6 Å². The second-order valence-corrected chi connectivity index (χ2v) is 7.16. The Morgan fingerprint density at radius 1 is 1.14 bits per heavy atom. The number of nitrogens with one attached hydrogen (secondary N) is 2. The number of rotatable bonds is 6. The number of hydrogen-bond donors (Lipinski definition) is 2. The van der Waals surface area contributed by atoms with Crippen LogP contribution in [-0.2, 0) is 15.1 Å². The lowest BCUT2D eigenvalue weighted by molar-refractivity contribution is -0.135. The summed E-state index contributed by atoms with van der Waals surface area (Å²) in [4.78, 5) is 39.0. The third-order valence-corrected chi connectivity index (χ3v) is 5.37. The Kier molecular flexibility index (Phi) is 5.70. The van der Waals surface area contributed by atoms with E-state index < -0.39 is 23.4 Å². The fourth-order valence-corrected chi connectivity index (χ4v) is 3.77. The zero-order valence-corrected chi connectivity index (χ0v) is 16.5. The van der Waals surface area contributed by atoms with Crippen LogP contribution in [0.1, 0.15) is 37.4 Å². The van der Waals surface area contributed by atoms with Crippen LogP contribution in [0.15, 0.2) is 54.6 Å². The van der Waals surface area contributed by atoms with Gasteiger partial charge in [0, 0.05) is 5.02 Å². The molecule has 0 aliphatic carbocycles. The molecule has 1 aliphatic rings. The molecule has 0 spiro atoms. The van der Waals surface area contributed by atoms with Crippen LogP contribution < -0.4 is 10.6 Å². The van der Waals surface area contributed by atoms with Gasteiger partial charge in [0.1, 0.15) is 12.1 Å². The molecule has 146 valence electrons. The van der Waals surface area contributed by atoms with Crippen molar-refractivity contribution in [3.05, 3.63) is 70.7 Å². The summed E-state index contributed by atoms with van der Waals surface area (Å²) in [5, 5.41) is 6.10. The van der Waals surface area contributed by atoms with Gasteiger partial charge in [-0.3, -0.25) is 14.5 Å². The molecule has 3 rings (SSSR count). The summed E-state index contributed by atoms with van der Waals surface area (Å²) in [6, 6.07) is 15.3. The van der Waals surface area contributed by atoms with Crippen molar-refractivity contribution in [2.24, 2.45) is 0 Å². The smallest absolute Gasteiger partial charge is 0.325 e. The average Bonchev–Trinajstić information content (AvgIpc) is 2.94. The van der Waals surface area contributed by atoms with Gasteiger partial charge in [-0.25, -0.2) is 4.79 Å². The van der Waals surface area contributed by atoms with E-state index in [9.17, 15) is 14.4 Å². The van der Waals surface area contributed by atoms with Gasteiger partial charge < -0.3 is 10.6 Å². The monoisotopic (exact) mass is 399 g/mol. The molecule has 6 nitrogen and oxygen atoms in total. The number of nitrogens with zero attached hydrogens (tertiary/aromatic N) is 1. The number of urea groups is 1. The predicted octanol–water partition coefficient (Wildman–Crippen LogP) is 3.37. The molecule has 1 aliphatic heterocycles. The van der Waals surface area contributed by atoms with E-state index in [1.165, 1.54) is 0 Å². The topological polar surface area (TPSA) is 78.5 Å². The first-order chi connectivity index (χ1) is 13.4. The zero-order chi connectivity index (χ0) is 20.3. The van der Waals surface area contributed by atoms with Gasteiger partial charge in [0.15, 0.2) is 0 Å². The number of benzene rings is 2. The first kappa shape index (κ1) is 19.9. The Labute approximate surface area is 168 Å². The molecule has 7 heteroatoms. The van der Waals surface area contributed by atoms with Crippen LogP contribution in [0.25, 0.3) is 0 Å². The quantitative estimate of drug-likeness (QED) is 0.731. The Hall–Kier alpha value is -2.86. The van der Waals surface area contributed by atoms with Crippen molar-refractivity contribution in [3.8, 4) is 0 Å². The number of imide groups is 1. The van der Waals surface area contributed by atoms with Crippen LogP contribution in [0, 0.1) is 0 Å². The van der Waals surface area contributed by atoms with Crippen LogP contribution in [0.5, 0.6) is 0 Å². The Bertz CT molecular complexity index is 903. The maximum absolute atomic E-state index is 13.1. The summed E-state index contributed by atoms with van der Waals surface area (Å²) in [7, 11) is 0. The molecular formula is C21H22ClN3O3. The van der Waals surface area contributed by atoms with Crippen LogP contribution in [0.4, 0.5) is 4.79 Å². The first-order valence-corrected chi connectivity index (χ1v) is 9.50. The molecule has 2 aromatic carbocycles. The van der Waals surface area contributed by atoms with E-state index in [2.05, 4.69) is 10.6 Å². The SMILES string of the molecule is CC[C@@]1(c2ccccc2)NC(=O)N(CC(=O)N[C@H](C)c2ccccc2Cl)C1=O. The number of hydrogen-bond acceptors (Lipinski definition) is 3. The van der Waals surface area contributed by atoms with Crippen LogP contribution in [0.3, 0.4) is 0 Å². The Balaban J connectivity index is 1.74. The normalized spacial score (nSPS) is 20.0. The van der Waals surface area contributed by atoms with Crippen molar-refractivity contribution >= 4 is 29.4 Å². The van der Waals surface area contributed by atoms with Crippen LogP contribution in [-0.4, -0.2) is 29.3 Å². The number of halogens is 1. The Morgan fingerprint density at radius 2 is 1.79 bits per heavy atom. The van der Waals surface area contributed by atoms with Crippen molar-refractivity contribution < 1.29 is 14.4 Å². The molecule has 4 amide bonds. The lowest BCUT2D eigenvalue weighted by atomic mass is 9.87. The molecule has 1 fully saturated rings. The maximum atomic E-state index is 13.1. The molecule has 0 bridgehead atoms. The van der Waals surface area contributed by atoms with E-state index in [4.69, 9.17) is 11.6 Å². The molecule has 0 unspecified atom stereocenters. The number of amides is 4. The minimum Gasteiger partial charge on any atom is -0.348 e. The standard InChI is InChI=1S/C21H22ClN3O3/c1-3-21(15-9-5-4-6-10-15)19(27)25(20(28)24-21)13-18(26)23-14(2)16-11-7-8-12-17(16)22/h4-12,14H,3,13H2,1-2H3,(H,23,26)(H,24,28)/t14-,21+/m1/s1. The van der Waals surface area contributed by atoms with E-state index in [0.717, 1.165) is 10.5 Å². The molecule has 1 heterocycles. The van der Waals surface area contributed by atoms with Gasteiger partial charge in [-0.1, -0.05) is 67.1 Å². The van der Waals surface area contributed by atoms with Gasteiger partial charge in [0.2, 0.25) is 5.91 Å².